The van der Waals surface area contributed by atoms with Crippen LogP contribution >= 0.6 is 0 Å². The van der Waals surface area contributed by atoms with E-state index >= 15 is 4.39 Å². The quantitative estimate of drug-likeness (QED) is 0.0317. The molecule has 4 heterocycles. The van der Waals surface area contributed by atoms with Gasteiger partial charge >= 0.3 is 6.09 Å². The molecule has 17 N–H and O–H groups in total. The molecule has 2 aliphatic heterocycles. The maximum absolute atomic E-state index is 15.6. The van der Waals surface area contributed by atoms with E-state index in [9.17, 15) is 74.4 Å². The molecule has 7 rings (SSSR count). The van der Waals surface area contributed by atoms with Gasteiger partial charge in [-0.15, -0.1) is 0 Å². The van der Waals surface area contributed by atoms with Gasteiger partial charge in [0, 0.05) is 37.6 Å². The van der Waals surface area contributed by atoms with Crippen molar-refractivity contribution in [1.29, 1.82) is 0 Å². The van der Waals surface area contributed by atoms with Gasteiger partial charge in [0.25, 0.3) is 11.5 Å². The number of imidazole rings is 1. The third kappa shape index (κ3) is 14.6. The van der Waals surface area contributed by atoms with Crippen LogP contribution in [0, 0.1) is 5.82 Å². The van der Waals surface area contributed by atoms with Gasteiger partial charge in [-0.05, 0) is 68.9 Å². The highest BCUT2D eigenvalue weighted by molar-refractivity contribution is 6.05. The van der Waals surface area contributed by atoms with Crippen molar-refractivity contribution >= 4 is 74.6 Å². The lowest BCUT2D eigenvalue weighted by Gasteiger charge is -2.42. The summed E-state index contributed by atoms with van der Waals surface area (Å²) in [6.07, 6.45) is -20.2. The zero-order chi connectivity index (χ0) is 59.0. The van der Waals surface area contributed by atoms with Gasteiger partial charge in [-0.25, -0.2) is 14.2 Å². The fourth-order valence-corrected chi connectivity index (χ4v) is 8.88. The first-order valence-electron chi connectivity index (χ1n) is 25.4. The first-order chi connectivity index (χ1) is 38.5. The summed E-state index contributed by atoms with van der Waals surface area (Å²) < 4.78 is 31.5. The summed E-state index contributed by atoms with van der Waals surface area (Å²) >= 11 is 0. The molecule has 30 heteroatoms. The predicted molar refractivity (Wildman–Crippen MR) is 283 cm³/mol. The van der Waals surface area contributed by atoms with E-state index in [0.717, 1.165) is 38.8 Å². The Morgan fingerprint density at radius 2 is 1.49 bits per heavy atom. The maximum Gasteiger partial charge on any atom is 0.412 e. The number of pyridine rings is 1. The zero-order valence-electron chi connectivity index (χ0n) is 43.8. The van der Waals surface area contributed by atoms with Crippen molar-refractivity contribution in [3.8, 4) is 11.4 Å². The second-order valence-corrected chi connectivity index (χ2v) is 19.5. The number of likely N-dealkylation sites (N-methyl/N-ethyl adjacent to an activating group) is 1. The predicted octanol–water partition coefficient (Wildman–Crippen LogP) is -3.72. The van der Waals surface area contributed by atoms with Crippen LogP contribution in [0.1, 0.15) is 25.8 Å². The van der Waals surface area contributed by atoms with Gasteiger partial charge in [0.1, 0.15) is 84.7 Å². The monoisotopic (exact) mass is 1140 g/mol. The number of piperazine rings is 1. The summed E-state index contributed by atoms with van der Waals surface area (Å²) in [6, 6.07) is 10.8. The van der Waals surface area contributed by atoms with E-state index in [-0.39, 0.29) is 40.3 Å². The normalized spacial score (nSPS) is 21.2. The molecule has 0 aliphatic carbocycles. The van der Waals surface area contributed by atoms with Crippen LogP contribution in [0.15, 0.2) is 65.5 Å². The molecular weight excluding hydrogens is 1070 g/mol. The molecular formula is C51H64FN11O18. The number of benzene rings is 3. The molecule has 81 heavy (non-hydrogen) atoms. The van der Waals surface area contributed by atoms with Crippen LogP contribution in [0.3, 0.4) is 0 Å². The molecule has 438 valence electrons. The fraction of sp³-hybridized carbons (Fsp3) is 0.451. The van der Waals surface area contributed by atoms with Crippen LogP contribution in [0.4, 0.5) is 26.2 Å². The Morgan fingerprint density at radius 3 is 2.15 bits per heavy atom. The SMILES string of the molecule is CC(NC(=O)C(C)NC(=O)[C@H](O)[C@H](O)[C@@H](O[C@@H]1O[C@H](CO)[C@H](O)[C@H](O)[C@H]1O)[C@H](O)CO)C(=O)NC(CC(N)=O)C(=O)Nc1ccc(COC(=O)Nc2c(-c3nc4ccc(N5CCN(C)CC5)cc4[nH]3)c(=O)[nH]c3cccc(F)c23)cc1. The highest BCUT2D eigenvalue weighted by Gasteiger charge is 2.47. The number of aliphatic hydroxyl groups excluding tert-OH is 8. The molecule has 0 radical (unpaired) electrons. The Labute approximate surface area is 459 Å². The number of fused-ring (bicyclic) bond motifs is 2. The number of aliphatic hydroxyl groups is 8. The number of nitrogens with zero attached hydrogens (tertiary/aromatic N) is 3. The average molecular weight is 1140 g/mol. The number of nitrogens with two attached hydrogens (primary N) is 1. The van der Waals surface area contributed by atoms with Gasteiger partial charge in [0.05, 0.1) is 47.3 Å². The van der Waals surface area contributed by atoms with E-state index in [2.05, 4.69) is 58.4 Å². The van der Waals surface area contributed by atoms with E-state index in [1.54, 1.807) is 6.07 Å². The Balaban J connectivity index is 0.927. The second kappa shape index (κ2) is 26.7. The Kier molecular flexibility index (Phi) is 20.1. The highest BCUT2D eigenvalue weighted by Crippen LogP contribution is 2.34. The number of hydrogen-bond donors (Lipinski definition) is 16. The topological polar surface area (TPSA) is 446 Å². The average Bonchev–Trinajstić information content (AvgIpc) is 3.90. The Bertz CT molecular complexity index is 3140. The number of primary amides is 1. The van der Waals surface area contributed by atoms with E-state index < -0.39 is 140 Å². The van der Waals surface area contributed by atoms with Crippen molar-refractivity contribution in [2.24, 2.45) is 5.73 Å². The third-order valence-electron chi connectivity index (χ3n) is 13.6. The van der Waals surface area contributed by atoms with Gasteiger partial charge in [-0.2, -0.15) is 0 Å². The van der Waals surface area contributed by atoms with Gasteiger partial charge in [0.2, 0.25) is 23.6 Å². The number of anilines is 3. The summed E-state index contributed by atoms with van der Waals surface area (Å²) in [5, 5.41) is 92.9. The molecule has 0 spiro atoms. The number of carbonyl (C=O) groups excluding carboxylic acids is 6. The van der Waals surface area contributed by atoms with E-state index in [1.165, 1.54) is 49.4 Å². The van der Waals surface area contributed by atoms with Gasteiger partial charge in [-0.3, -0.25) is 34.1 Å². The number of aromatic nitrogens is 3. The molecule has 2 saturated heterocycles. The molecule has 12 atom stereocenters. The number of H-pyrrole nitrogens is 2. The maximum atomic E-state index is 15.6. The van der Waals surface area contributed by atoms with Gasteiger partial charge in [0.15, 0.2) is 12.4 Å². The number of hydrogen-bond acceptors (Lipinski definition) is 21. The molecule has 3 unspecified atom stereocenters. The van der Waals surface area contributed by atoms with Crippen molar-refractivity contribution in [3.63, 3.8) is 0 Å². The first kappa shape index (κ1) is 60.9. The number of aromatic amines is 2. The standard InChI is InChI=1S/C51H64FN11O18/c1-22(55-49(77)41(71)40(70)43(32(66)19-64)81-50-42(72)39(69)38(68)33(20-65)80-50)45(73)54-23(2)46(74)60-31(18-34(53)67)47(75)56-25-9-7-24(8-10-25)21-79-51(78)61-37-35-27(52)5-4-6-29(35)59-48(76)36(37)44-57-28-12-11-26(17-30(28)58-44)63-15-13-62(3)14-16-63/h4-12,17,22-23,31-33,38-43,50,64-66,68-72H,13-16,18-21H2,1-3H3,(H2,53,67)(H,54,73)(H,55,77)(H,56,75)(H,57,58)(H,60,74)(H2,59,61,76,78)/t22?,23?,31?,32-,33-,38+,39+,40+,41-,42-,43+,50+/m1/s1. The highest BCUT2D eigenvalue weighted by atomic mass is 19.1. The minimum Gasteiger partial charge on any atom is -0.444 e. The van der Waals surface area contributed by atoms with E-state index in [1.807, 2.05) is 12.1 Å². The lowest BCUT2D eigenvalue weighted by Crippen LogP contribution is -2.62. The largest absolute Gasteiger partial charge is 0.444 e. The van der Waals surface area contributed by atoms with Crippen LogP contribution in [0.5, 0.6) is 0 Å². The van der Waals surface area contributed by atoms with Crippen molar-refractivity contribution < 1.29 is 88.2 Å². The fourth-order valence-electron chi connectivity index (χ4n) is 8.88. The zero-order valence-corrected chi connectivity index (χ0v) is 43.8. The molecule has 5 aromatic rings. The first-order valence-corrected chi connectivity index (χ1v) is 25.4. The minimum absolute atomic E-state index is 0.0638. The number of rotatable bonds is 22. The molecule has 3 aromatic carbocycles. The summed E-state index contributed by atoms with van der Waals surface area (Å²) in [4.78, 5) is 107. The van der Waals surface area contributed by atoms with Crippen LogP contribution in [-0.4, -0.2) is 216 Å². The summed E-state index contributed by atoms with van der Waals surface area (Å²) in [6.45, 7) is 3.31. The van der Waals surface area contributed by atoms with E-state index in [0.29, 0.717) is 16.6 Å². The van der Waals surface area contributed by atoms with Crippen molar-refractivity contribution in [1.82, 2.24) is 35.8 Å². The Hall–Kier alpha value is -7.75. The summed E-state index contributed by atoms with van der Waals surface area (Å²) in [5.41, 5.74) is 7.06. The van der Waals surface area contributed by atoms with Crippen molar-refractivity contribution in [2.45, 2.75) is 100 Å². The smallest absolute Gasteiger partial charge is 0.412 e. The molecule has 2 aliphatic rings. The molecule has 2 fully saturated rings. The third-order valence-corrected chi connectivity index (χ3v) is 13.6. The minimum atomic E-state index is -2.52. The summed E-state index contributed by atoms with van der Waals surface area (Å²) in [7, 11) is 2.05. The second-order valence-electron chi connectivity index (χ2n) is 19.5. The Morgan fingerprint density at radius 1 is 0.827 bits per heavy atom. The van der Waals surface area contributed by atoms with Crippen molar-refractivity contribution in [3.05, 3.63) is 82.4 Å². The van der Waals surface area contributed by atoms with Gasteiger partial charge in [-0.1, -0.05) is 18.2 Å². The molecule has 6 amide bonds. The molecule has 2 aromatic heterocycles. The van der Waals surface area contributed by atoms with E-state index in [4.69, 9.17) is 19.9 Å². The van der Waals surface area contributed by atoms with Crippen molar-refractivity contribution in [2.75, 3.05) is 62.0 Å². The molecule has 29 nitrogen and oxygen atoms in total. The van der Waals surface area contributed by atoms with Gasteiger partial charge < -0.3 is 102 Å². The molecule has 0 bridgehead atoms. The number of halogens is 1. The van der Waals surface area contributed by atoms with Crippen LogP contribution in [0.2, 0.25) is 0 Å². The number of ether oxygens (including phenoxy) is 3. The van der Waals surface area contributed by atoms with Crippen LogP contribution in [0.25, 0.3) is 33.3 Å². The number of carbonyl (C=O) groups is 6. The molecule has 0 saturated carbocycles. The number of amides is 6. The summed E-state index contributed by atoms with van der Waals surface area (Å²) in [5.74, 6) is -6.11. The van der Waals surface area contributed by atoms with Crippen LogP contribution in [-0.2, 0) is 44.8 Å². The van der Waals surface area contributed by atoms with Crippen LogP contribution < -0.4 is 42.8 Å². The lowest BCUT2D eigenvalue weighted by molar-refractivity contribution is -0.326. The lowest BCUT2D eigenvalue weighted by atomic mass is 9.98. The number of nitrogens with one attached hydrogen (secondary N) is 7.